The first kappa shape index (κ1) is 15.5. The summed E-state index contributed by atoms with van der Waals surface area (Å²) >= 11 is 0. The lowest BCUT2D eigenvalue weighted by Gasteiger charge is -2.36. The normalized spacial score (nSPS) is 25.0. The lowest BCUT2D eigenvalue weighted by molar-refractivity contribution is -0.135. The van der Waals surface area contributed by atoms with Gasteiger partial charge in [0.1, 0.15) is 5.82 Å². The first-order valence-corrected chi connectivity index (χ1v) is 8.69. The zero-order chi connectivity index (χ0) is 15.5. The zero-order valence-corrected chi connectivity index (χ0v) is 13.4. The summed E-state index contributed by atoms with van der Waals surface area (Å²) in [5.41, 5.74) is 0.656. The van der Waals surface area contributed by atoms with E-state index in [2.05, 4.69) is 11.8 Å². The van der Waals surface area contributed by atoms with Crippen molar-refractivity contribution < 1.29 is 9.18 Å². The molecule has 2 aliphatic rings. The number of amides is 1. The van der Waals surface area contributed by atoms with Crippen molar-refractivity contribution >= 4 is 5.91 Å². The molecular formula is C19H26FNO. The minimum absolute atomic E-state index is 0.195. The predicted octanol–water partition coefficient (Wildman–Crippen LogP) is 4.33. The molecular weight excluding hydrogens is 277 g/mol. The monoisotopic (exact) mass is 303 g/mol. The second-order valence-electron chi connectivity index (χ2n) is 7.04. The highest BCUT2D eigenvalue weighted by Crippen LogP contribution is 2.35. The molecule has 0 N–H and O–H groups in total. The third-order valence-corrected chi connectivity index (χ3v) is 5.17. The van der Waals surface area contributed by atoms with E-state index in [1.807, 2.05) is 6.07 Å². The van der Waals surface area contributed by atoms with E-state index in [0.29, 0.717) is 30.5 Å². The number of hydrogen-bond acceptors (Lipinski definition) is 1. The Morgan fingerprint density at radius 1 is 1.09 bits per heavy atom. The van der Waals surface area contributed by atoms with E-state index in [1.165, 1.54) is 18.9 Å². The van der Waals surface area contributed by atoms with Gasteiger partial charge in [0.2, 0.25) is 5.91 Å². The van der Waals surface area contributed by atoms with Gasteiger partial charge in [0.05, 0.1) is 0 Å². The first-order valence-electron chi connectivity index (χ1n) is 8.69. The molecule has 0 spiro atoms. The van der Waals surface area contributed by atoms with Gasteiger partial charge in [-0.1, -0.05) is 25.1 Å². The standard InChI is InChI=1S/C19H26FNO/c1-14-6-9-16(10-7-14)21(17-11-12-17)19(22)13-8-15-4-2-3-5-18(15)20/h2-5,14,16-17H,6-13H2,1H3. The number of aryl methyl sites for hydroxylation is 1. The van der Waals surface area contributed by atoms with Crippen molar-refractivity contribution in [2.24, 2.45) is 5.92 Å². The lowest BCUT2D eigenvalue weighted by Crippen LogP contribution is -2.43. The molecule has 0 radical (unpaired) electrons. The molecule has 120 valence electrons. The first-order chi connectivity index (χ1) is 10.6. The Bertz CT molecular complexity index is 518. The molecule has 0 aromatic heterocycles. The van der Waals surface area contributed by atoms with E-state index in [4.69, 9.17) is 0 Å². The highest BCUT2D eigenvalue weighted by Gasteiger charge is 2.37. The number of carbonyl (C=O) groups excluding carboxylic acids is 1. The molecule has 3 rings (SSSR count). The minimum atomic E-state index is -0.195. The molecule has 2 nitrogen and oxygen atoms in total. The van der Waals surface area contributed by atoms with Gasteiger partial charge in [0.25, 0.3) is 0 Å². The molecule has 0 atom stereocenters. The number of rotatable bonds is 5. The van der Waals surface area contributed by atoms with Gasteiger partial charge < -0.3 is 4.90 Å². The van der Waals surface area contributed by atoms with Crippen LogP contribution in [0.3, 0.4) is 0 Å². The van der Waals surface area contributed by atoms with E-state index in [1.54, 1.807) is 12.1 Å². The molecule has 0 heterocycles. The molecule has 3 heteroatoms. The van der Waals surface area contributed by atoms with Crippen LogP contribution in [0.25, 0.3) is 0 Å². The van der Waals surface area contributed by atoms with Gasteiger partial charge >= 0.3 is 0 Å². The number of carbonyl (C=O) groups is 1. The summed E-state index contributed by atoms with van der Waals surface area (Å²) in [4.78, 5) is 14.9. The highest BCUT2D eigenvalue weighted by atomic mass is 19.1. The quantitative estimate of drug-likeness (QED) is 0.793. The van der Waals surface area contributed by atoms with Gasteiger partial charge in [-0.05, 0) is 62.5 Å². The van der Waals surface area contributed by atoms with Crippen molar-refractivity contribution in [2.45, 2.75) is 70.4 Å². The van der Waals surface area contributed by atoms with Crippen LogP contribution in [0.4, 0.5) is 4.39 Å². The topological polar surface area (TPSA) is 20.3 Å². The molecule has 1 amide bonds. The van der Waals surface area contributed by atoms with Gasteiger partial charge in [0, 0.05) is 18.5 Å². The van der Waals surface area contributed by atoms with E-state index in [0.717, 1.165) is 31.6 Å². The van der Waals surface area contributed by atoms with Crippen LogP contribution < -0.4 is 0 Å². The molecule has 22 heavy (non-hydrogen) atoms. The third-order valence-electron chi connectivity index (χ3n) is 5.17. The maximum absolute atomic E-state index is 13.7. The third kappa shape index (κ3) is 3.68. The van der Waals surface area contributed by atoms with E-state index in [-0.39, 0.29) is 11.7 Å². The minimum Gasteiger partial charge on any atom is -0.337 e. The molecule has 2 fully saturated rings. The smallest absolute Gasteiger partial charge is 0.223 e. The van der Waals surface area contributed by atoms with E-state index < -0.39 is 0 Å². The van der Waals surface area contributed by atoms with Crippen molar-refractivity contribution in [1.82, 2.24) is 4.90 Å². The summed E-state index contributed by atoms with van der Waals surface area (Å²) in [6, 6.07) is 7.68. The van der Waals surface area contributed by atoms with Gasteiger partial charge in [-0.3, -0.25) is 4.79 Å². The van der Waals surface area contributed by atoms with Crippen LogP contribution in [0.5, 0.6) is 0 Å². The molecule has 1 aromatic carbocycles. The van der Waals surface area contributed by atoms with Crippen LogP contribution in [-0.2, 0) is 11.2 Å². The maximum atomic E-state index is 13.7. The van der Waals surface area contributed by atoms with Gasteiger partial charge in [0.15, 0.2) is 0 Å². The van der Waals surface area contributed by atoms with Gasteiger partial charge in [-0.2, -0.15) is 0 Å². The maximum Gasteiger partial charge on any atom is 0.223 e. The largest absolute Gasteiger partial charge is 0.337 e. The van der Waals surface area contributed by atoms with Crippen LogP contribution in [0, 0.1) is 11.7 Å². The second kappa shape index (κ2) is 6.80. The summed E-state index contributed by atoms with van der Waals surface area (Å²) in [6.45, 7) is 2.30. The highest BCUT2D eigenvalue weighted by molar-refractivity contribution is 5.77. The molecule has 1 aromatic rings. The fourth-order valence-corrected chi connectivity index (χ4v) is 3.65. The molecule has 0 aliphatic heterocycles. The molecule has 0 saturated heterocycles. The Kier molecular flexibility index (Phi) is 4.80. The number of halogens is 1. The summed E-state index contributed by atoms with van der Waals surface area (Å²) in [5.74, 6) is 0.830. The number of benzene rings is 1. The van der Waals surface area contributed by atoms with Crippen molar-refractivity contribution in [3.8, 4) is 0 Å². The van der Waals surface area contributed by atoms with Crippen molar-refractivity contribution in [3.63, 3.8) is 0 Å². The Morgan fingerprint density at radius 2 is 1.68 bits per heavy atom. The van der Waals surface area contributed by atoms with Crippen LogP contribution in [0.1, 0.15) is 57.4 Å². The average Bonchev–Trinajstić information content (AvgIpc) is 3.33. The number of nitrogens with zero attached hydrogens (tertiary/aromatic N) is 1. The zero-order valence-electron chi connectivity index (χ0n) is 13.4. The number of hydrogen-bond donors (Lipinski definition) is 0. The van der Waals surface area contributed by atoms with Crippen molar-refractivity contribution in [3.05, 3.63) is 35.6 Å². The summed E-state index contributed by atoms with van der Waals surface area (Å²) in [6.07, 6.45) is 7.99. The molecule has 2 saturated carbocycles. The fraction of sp³-hybridized carbons (Fsp3) is 0.632. The Hall–Kier alpha value is -1.38. The Labute approximate surface area is 132 Å². The summed E-state index contributed by atoms with van der Waals surface area (Å²) in [5, 5.41) is 0. The van der Waals surface area contributed by atoms with Crippen LogP contribution >= 0.6 is 0 Å². The van der Waals surface area contributed by atoms with Gasteiger partial charge in [-0.25, -0.2) is 4.39 Å². The Morgan fingerprint density at radius 3 is 2.27 bits per heavy atom. The lowest BCUT2D eigenvalue weighted by atomic mass is 9.86. The summed E-state index contributed by atoms with van der Waals surface area (Å²) < 4.78 is 13.7. The average molecular weight is 303 g/mol. The van der Waals surface area contributed by atoms with E-state index >= 15 is 0 Å². The van der Waals surface area contributed by atoms with Crippen molar-refractivity contribution in [1.29, 1.82) is 0 Å². The van der Waals surface area contributed by atoms with Crippen LogP contribution in [-0.4, -0.2) is 22.9 Å². The molecule has 2 aliphatic carbocycles. The molecule has 0 bridgehead atoms. The molecule has 0 unspecified atom stereocenters. The van der Waals surface area contributed by atoms with E-state index in [9.17, 15) is 9.18 Å². The second-order valence-corrected chi connectivity index (χ2v) is 7.04. The SMILES string of the molecule is CC1CCC(N(C(=O)CCc2ccccc2F)C2CC2)CC1. The fourth-order valence-electron chi connectivity index (χ4n) is 3.65. The van der Waals surface area contributed by atoms with Gasteiger partial charge in [-0.15, -0.1) is 0 Å². The van der Waals surface area contributed by atoms with Crippen LogP contribution in [0.2, 0.25) is 0 Å². The predicted molar refractivity (Wildman–Crippen MR) is 86.0 cm³/mol. The van der Waals surface area contributed by atoms with Crippen LogP contribution in [0.15, 0.2) is 24.3 Å². The summed E-state index contributed by atoms with van der Waals surface area (Å²) in [7, 11) is 0. The van der Waals surface area contributed by atoms with Crippen molar-refractivity contribution in [2.75, 3.05) is 0 Å². The Balaban J connectivity index is 1.60.